The lowest BCUT2D eigenvalue weighted by Gasteiger charge is -1.90. The third-order valence-corrected chi connectivity index (χ3v) is 2.26. The molecule has 0 saturated carbocycles. The van der Waals surface area contributed by atoms with Gasteiger partial charge in [-0.3, -0.25) is 14.9 Å². The largest absolute Gasteiger partial charge is 0.450 e. The zero-order valence-corrected chi connectivity index (χ0v) is 7.03. The van der Waals surface area contributed by atoms with Gasteiger partial charge in [0.25, 0.3) is 11.8 Å². The van der Waals surface area contributed by atoms with E-state index in [2.05, 4.69) is 5.32 Å². The van der Waals surface area contributed by atoms with Crippen LogP contribution in [0.4, 0.5) is 0 Å². The third kappa shape index (κ3) is 0.724. The zero-order valence-electron chi connectivity index (χ0n) is 7.03. The maximum absolute atomic E-state index is 11.4. The fourth-order valence-corrected chi connectivity index (χ4v) is 1.65. The Morgan fingerprint density at radius 1 is 1.07 bits per heavy atom. The van der Waals surface area contributed by atoms with Gasteiger partial charge in [0.15, 0.2) is 0 Å². The highest BCUT2D eigenvalue weighted by molar-refractivity contribution is 6.25. The fourth-order valence-electron chi connectivity index (χ4n) is 1.65. The maximum Gasteiger partial charge on any atom is 0.294 e. The summed E-state index contributed by atoms with van der Waals surface area (Å²) in [4.78, 5) is 22.6. The topological polar surface area (TPSA) is 59.3 Å². The molecule has 0 radical (unpaired) electrons. The lowest BCUT2D eigenvalue weighted by Crippen LogP contribution is -2.20. The number of rotatable bonds is 0. The molecule has 4 heteroatoms. The third-order valence-electron chi connectivity index (χ3n) is 2.26. The second-order valence-corrected chi connectivity index (χ2v) is 3.09. The minimum absolute atomic E-state index is 0.121. The molecule has 2 aromatic rings. The van der Waals surface area contributed by atoms with Crippen molar-refractivity contribution in [2.45, 2.75) is 0 Å². The standard InChI is InChI=1S/C10H5NO3/c12-9-7-5-3-1-2-4-6(5)14-8(7)10(13)11-9/h1-4H,(H,11,12,13). The number of hydrogen-bond donors (Lipinski definition) is 1. The number of nitrogens with one attached hydrogen (secondary N) is 1. The van der Waals surface area contributed by atoms with E-state index in [9.17, 15) is 9.59 Å². The molecule has 0 saturated heterocycles. The predicted molar refractivity (Wildman–Crippen MR) is 48.0 cm³/mol. The maximum atomic E-state index is 11.4. The monoisotopic (exact) mass is 187 g/mol. The molecule has 1 aliphatic heterocycles. The highest BCUT2D eigenvalue weighted by Crippen LogP contribution is 2.28. The van der Waals surface area contributed by atoms with Crippen molar-refractivity contribution in [2.75, 3.05) is 0 Å². The summed E-state index contributed by atoms with van der Waals surface area (Å²) in [6, 6.07) is 7.08. The van der Waals surface area contributed by atoms with Crippen molar-refractivity contribution in [3.05, 3.63) is 35.6 Å². The molecule has 0 atom stereocenters. The van der Waals surface area contributed by atoms with Gasteiger partial charge < -0.3 is 4.42 Å². The van der Waals surface area contributed by atoms with Crippen LogP contribution >= 0.6 is 0 Å². The van der Waals surface area contributed by atoms with Crippen LogP contribution in [-0.4, -0.2) is 11.8 Å². The van der Waals surface area contributed by atoms with Crippen LogP contribution in [0, 0.1) is 0 Å². The number of para-hydroxylation sites is 1. The quantitative estimate of drug-likeness (QED) is 0.632. The van der Waals surface area contributed by atoms with E-state index in [1.807, 2.05) is 0 Å². The molecule has 0 aliphatic carbocycles. The molecule has 1 aromatic heterocycles. The van der Waals surface area contributed by atoms with Gasteiger partial charge in [-0.1, -0.05) is 18.2 Å². The summed E-state index contributed by atoms with van der Waals surface area (Å²) in [7, 11) is 0. The highest BCUT2D eigenvalue weighted by atomic mass is 16.4. The van der Waals surface area contributed by atoms with Gasteiger partial charge in [-0.15, -0.1) is 0 Å². The number of furan rings is 1. The smallest absolute Gasteiger partial charge is 0.294 e. The normalized spacial score (nSPS) is 14.6. The summed E-state index contributed by atoms with van der Waals surface area (Å²) in [5.74, 6) is -0.715. The van der Waals surface area contributed by atoms with Gasteiger partial charge in [0, 0.05) is 5.39 Å². The zero-order chi connectivity index (χ0) is 9.71. The highest BCUT2D eigenvalue weighted by Gasteiger charge is 2.33. The summed E-state index contributed by atoms with van der Waals surface area (Å²) in [6.45, 7) is 0. The first-order valence-corrected chi connectivity index (χ1v) is 4.14. The summed E-state index contributed by atoms with van der Waals surface area (Å²) in [5.41, 5.74) is 0.923. The van der Waals surface area contributed by atoms with Crippen LogP contribution in [0.15, 0.2) is 28.7 Å². The molecular formula is C10H5NO3. The summed E-state index contributed by atoms with van der Waals surface area (Å²) >= 11 is 0. The van der Waals surface area contributed by atoms with Gasteiger partial charge >= 0.3 is 0 Å². The number of fused-ring (bicyclic) bond motifs is 3. The summed E-state index contributed by atoms with van der Waals surface area (Å²) < 4.78 is 5.26. The number of imide groups is 1. The van der Waals surface area contributed by atoms with E-state index >= 15 is 0 Å². The summed E-state index contributed by atoms with van der Waals surface area (Å²) in [6.07, 6.45) is 0. The van der Waals surface area contributed by atoms with Crippen LogP contribution < -0.4 is 5.32 Å². The molecule has 4 nitrogen and oxygen atoms in total. The van der Waals surface area contributed by atoms with Gasteiger partial charge in [-0.2, -0.15) is 0 Å². The van der Waals surface area contributed by atoms with E-state index < -0.39 is 5.91 Å². The molecule has 14 heavy (non-hydrogen) atoms. The molecule has 3 rings (SSSR count). The van der Waals surface area contributed by atoms with Crippen molar-refractivity contribution in [1.82, 2.24) is 5.32 Å². The van der Waals surface area contributed by atoms with Crippen molar-refractivity contribution in [2.24, 2.45) is 0 Å². The van der Waals surface area contributed by atoms with Crippen LogP contribution in [0.3, 0.4) is 0 Å². The molecule has 2 amide bonds. The Kier molecular flexibility index (Phi) is 1.16. The first kappa shape index (κ1) is 7.32. The van der Waals surface area contributed by atoms with Gasteiger partial charge in [-0.05, 0) is 6.07 Å². The van der Waals surface area contributed by atoms with E-state index in [0.717, 1.165) is 0 Å². The number of benzene rings is 1. The van der Waals surface area contributed by atoms with Crippen LogP contribution in [0.1, 0.15) is 20.9 Å². The molecule has 1 aromatic carbocycles. The van der Waals surface area contributed by atoms with Crippen LogP contribution in [0.5, 0.6) is 0 Å². The van der Waals surface area contributed by atoms with Gasteiger partial charge in [0.05, 0.1) is 5.56 Å². The SMILES string of the molecule is O=C1NC(=O)c2c1oc1ccccc21. The van der Waals surface area contributed by atoms with Crippen molar-refractivity contribution in [3.8, 4) is 0 Å². The second kappa shape index (κ2) is 2.23. The molecule has 0 fully saturated rings. The van der Waals surface area contributed by atoms with Crippen molar-refractivity contribution < 1.29 is 14.0 Å². The minimum atomic E-state index is -0.457. The summed E-state index contributed by atoms with van der Waals surface area (Å²) in [5, 5.41) is 2.87. The molecule has 0 bridgehead atoms. The van der Waals surface area contributed by atoms with E-state index in [1.54, 1.807) is 24.3 Å². The van der Waals surface area contributed by atoms with Gasteiger partial charge in [0.1, 0.15) is 5.58 Å². The molecule has 1 N–H and O–H groups in total. The average molecular weight is 187 g/mol. The van der Waals surface area contributed by atoms with Crippen molar-refractivity contribution in [3.63, 3.8) is 0 Å². The molecule has 1 aliphatic rings. The number of amides is 2. The number of hydrogen-bond acceptors (Lipinski definition) is 3. The average Bonchev–Trinajstić information content (AvgIpc) is 2.66. The molecular weight excluding hydrogens is 182 g/mol. The van der Waals surface area contributed by atoms with Crippen LogP contribution in [0.2, 0.25) is 0 Å². The van der Waals surface area contributed by atoms with Gasteiger partial charge in [-0.25, -0.2) is 0 Å². The Bertz CT molecular complexity index is 568. The molecule has 0 spiro atoms. The molecule has 0 unspecified atom stereocenters. The second-order valence-electron chi connectivity index (χ2n) is 3.09. The predicted octanol–water partition coefficient (Wildman–Crippen LogP) is 1.32. The van der Waals surface area contributed by atoms with E-state index in [0.29, 0.717) is 16.5 Å². The van der Waals surface area contributed by atoms with Crippen molar-refractivity contribution in [1.29, 1.82) is 0 Å². The van der Waals surface area contributed by atoms with E-state index in [4.69, 9.17) is 4.42 Å². The number of carbonyl (C=O) groups is 2. The van der Waals surface area contributed by atoms with E-state index in [1.165, 1.54) is 0 Å². The van der Waals surface area contributed by atoms with Crippen LogP contribution in [0.25, 0.3) is 11.0 Å². The fraction of sp³-hybridized carbons (Fsp3) is 0. The van der Waals surface area contributed by atoms with E-state index in [-0.39, 0.29) is 11.7 Å². The molecule has 2 heterocycles. The number of carbonyl (C=O) groups excluding carboxylic acids is 2. The lowest BCUT2D eigenvalue weighted by molar-refractivity contribution is 0.0870. The lowest BCUT2D eigenvalue weighted by atomic mass is 10.1. The van der Waals surface area contributed by atoms with Gasteiger partial charge in [0.2, 0.25) is 5.76 Å². The Balaban J connectivity index is 2.49. The Morgan fingerprint density at radius 2 is 1.86 bits per heavy atom. The minimum Gasteiger partial charge on any atom is -0.450 e. The van der Waals surface area contributed by atoms with Crippen molar-refractivity contribution >= 4 is 22.8 Å². The Hall–Kier alpha value is -2.10. The van der Waals surface area contributed by atoms with Crippen LogP contribution in [-0.2, 0) is 0 Å². The molecule has 68 valence electrons. The first-order valence-electron chi connectivity index (χ1n) is 4.14. The Labute approximate surface area is 78.5 Å². The first-order chi connectivity index (χ1) is 6.77. The Morgan fingerprint density at radius 3 is 2.71 bits per heavy atom.